The van der Waals surface area contributed by atoms with Crippen molar-refractivity contribution >= 4 is 29.9 Å². The molecule has 0 unspecified atom stereocenters. The number of nitrogens with one attached hydrogen (secondary N) is 2. The van der Waals surface area contributed by atoms with E-state index in [1.165, 1.54) is 11.1 Å². The standard InChI is InChI=1S/C19H25N3O2.HI/c1-14-5-7-15(8-6-14)12-21-19(20-2)22-13-16-9-10-17(23-3)18(11-16)24-4;/h5-11H,12-13H2,1-4H3,(H2,20,21,22);1H. The second kappa shape index (κ2) is 10.8. The molecule has 0 aliphatic heterocycles. The van der Waals surface area contributed by atoms with Crippen LogP contribution in [0.25, 0.3) is 0 Å². The number of aryl methyl sites for hydroxylation is 1. The molecule has 0 amide bonds. The number of benzene rings is 2. The first-order valence-corrected chi connectivity index (χ1v) is 7.87. The van der Waals surface area contributed by atoms with Gasteiger partial charge in [-0.05, 0) is 30.2 Å². The highest BCUT2D eigenvalue weighted by Crippen LogP contribution is 2.27. The van der Waals surface area contributed by atoms with E-state index in [9.17, 15) is 0 Å². The average molecular weight is 455 g/mol. The number of hydrogen-bond donors (Lipinski definition) is 2. The molecule has 2 aromatic carbocycles. The number of nitrogens with zero attached hydrogens (tertiary/aromatic N) is 1. The quantitative estimate of drug-likeness (QED) is 0.398. The van der Waals surface area contributed by atoms with E-state index in [4.69, 9.17) is 9.47 Å². The number of rotatable bonds is 6. The Labute approximate surface area is 166 Å². The van der Waals surface area contributed by atoms with Crippen LogP contribution in [0.3, 0.4) is 0 Å². The third kappa shape index (κ3) is 6.45. The van der Waals surface area contributed by atoms with Crippen LogP contribution in [0.2, 0.25) is 0 Å². The summed E-state index contributed by atoms with van der Waals surface area (Å²) in [6, 6.07) is 14.3. The van der Waals surface area contributed by atoms with Crippen LogP contribution in [0.1, 0.15) is 16.7 Å². The molecular weight excluding hydrogens is 429 g/mol. The van der Waals surface area contributed by atoms with E-state index in [1.807, 2.05) is 18.2 Å². The Morgan fingerprint density at radius 3 is 2.00 bits per heavy atom. The van der Waals surface area contributed by atoms with E-state index in [-0.39, 0.29) is 24.0 Å². The Morgan fingerprint density at radius 2 is 1.44 bits per heavy atom. The van der Waals surface area contributed by atoms with Crippen LogP contribution in [-0.4, -0.2) is 27.2 Å². The second-order valence-electron chi connectivity index (χ2n) is 5.45. The van der Waals surface area contributed by atoms with Crippen molar-refractivity contribution in [3.05, 3.63) is 59.2 Å². The van der Waals surface area contributed by atoms with Crippen molar-refractivity contribution in [1.29, 1.82) is 0 Å². The predicted molar refractivity (Wildman–Crippen MR) is 113 cm³/mol. The maximum atomic E-state index is 5.33. The summed E-state index contributed by atoms with van der Waals surface area (Å²) in [5, 5.41) is 6.61. The van der Waals surface area contributed by atoms with Crippen molar-refractivity contribution in [3.8, 4) is 11.5 Å². The number of hydrogen-bond acceptors (Lipinski definition) is 3. The van der Waals surface area contributed by atoms with Crippen LogP contribution < -0.4 is 20.1 Å². The third-order valence-corrected chi connectivity index (χ3v) is 3.71. The zero-order chi connectivity index (χ0) is 17.4. The first kappa shape index (κ1) is 21.1. The minimum atomic E-state index is 0. The highest BCUT2D eigenvalue weighted by atomic mass is 127. The molecule has 0 aromatic heterocycles. The Morgan fingerprint density at radius 1 is 0.880 bits per heavy atom. The van der Waals surface area contributed by atoms with Crippen molar-refractivity contribution in [1.82, 2.24) is 10.6 Å². The van der Waals surface area contributed by atoms with Gasteiger partial charge in [-0.3, -0.25) is 4.99 Å². The Balaban J connectivity index is 0.00000312. The van der Waals surface area contributed by atoms with Gasteiger partial charge in [-0.1, -0.05) is 35.9 Å². The number of guanidine groups is 1. The van der Waals surface area contributed by atoms with Gasteiger partial charge in [-0.25, -0.2) is 0 Å². The molecule has 0 aliphatic rings. The fraction of sp³-hybridized carbons (Fsp3) is 0.316. The molecule has 0 radical (unpaired) electrons. The molecule has 0 atom stereocenters. The number of aliphatic imine (C=N–C) groups is 1. The van der Waals surface area contributed by atoms with Gasteiger partial charge < -0.3 is 20.1 Å². The van der Waals surface area contributed by atoms with Crippen LogP contribution in [0.5, 0.6) is 11.5 Å². The monoisotopic (exact) mass is 455 g/mol. The average Bonchev–Trinajstić information content (AvgIpc) is 2.63. The van der Waals surface area contributed by atoms with Gasteiger partial charge in [0.05, 0.1) is 14.2 Å². The van der Waals surface area contributed by atoms with Gasteiger partial charge in [0, 0.05) is 20.1 Å². The normalized spacial score (nSPS) is 10.6. The maximum absolute atomic E-state index is 5.33. The van der Waals surface area contributed by atoms with Gasteiger partial charge in [0.15, 0.2) is 17.5 Å². The number of ether oxygens (including phenoxy) is 2. The number of methoxy groups -OCH3 is 2. The van der Waals surface area contributed by atoms with Gasteiger partial charge in [0.25, 0.3) is 0 Å². The molecule has 0 heterocycles. The number of halogens is 1. The summed E-state index contributed by atoms with van der Waals surface area (Å²) in [4.78, 5) is 4.25. The molecule has 2 N–H and O–H groups in total. The van der Waals surface area contributed by atoms with E-state index in [1.54, 1.807) is 21.3 Å². The van der Waals surface area contributed by atoms with Gasteiger partial charge in [-0.15, -0.1) is 24.0 Å². The summed E-state index contributed by atoms with van der Waals surface area (Å²) in [5.41, 5.74) is 3.57. The highest BCUT2D eigenvalue weighted by Gasteiger charge is 2.05. The van der Waals surface area contributed by atoms with Crippen molar-refractivity contribution in [2.45, 2.75) is 20.0 Å². The van der Waals surface area contributed by atoms with Gasteiger partial charge in [0.2, 0.25) is 0 Å². The van der Waals surface area contributed by atoms with Crippen LogP contribution in [0, 0.1) is 6.92 Å². The third-order valence-electron chi connectivity index (χ3n) is 3.71. The van der Waals surface area contributed by atoms with Crippen molar-refractivity contribution in [2.75, 3.05) is 21.3 Å². The molecule has 2 aromatic rings. The highest BCUT2D eigenvalue weighted by molar-refractivity contribution is 14.0. The summed E-state index contributed by atoms with van der Waals surface area (Å²) < 4.78 is 10.6. The summed E-state index contributed by atoms with van der Waals surface area (Å²) in [7, 11) is 5.03. The van der Waals surface area contributed by atoms with E-state index >= 15 is 0 Å². The summed E-state index contributed by atoms with van der Waals surface area (Å²) in [5.74, 6) is 2.20. The Hall–Kier alpha value is -1.96. The van der Waals surface area contributed by atoms with E-state index in [0.29, 0.717) is 6.54 Å². The van der Waals surface area contributed by atoms with E-state index < -0.39 is 0 Å². The Kier molecular flexibility index (Phi) is 9.12. The van der Waals surface area contributed by atoms with E-state index in [0.717, 1.165) is 29.6 Å². The lowest BCUT2D eigenvalue weighted by Crippen LogP contribution is -2.36. The lowest BCUT2D eigenvalue weighted by Gasteiger charge is -2.13. The van der Waals surface area contributed by atoms with Crippen LogP contribution in [0.15, 0.2) is 47.5 Å². The lowest BCUT2D eigenvalue weighted by molar-refractivity contribution is 0.354. The van der Waals surface area contributed by atoms with Crippen molar-refractivity contribution < 1.29 is 9.47 Å². The van der Waals surface area contributed by atoms with Crippen molar-refractivity contribution in [2.24, 2.45) is 4.99 Å². The molecule has 2 rings (SSSR count). The smallest absolute Gasteiger partial charge is 0.191 e. The first-order valence-electron chi connectivity index (χ1n) is 7.87. The van der Waals surface area contributed by atoms with Gasteiger partial charge in [0.1, 0.15) is 0 Å². The minimum Gasteiger partial charge on any atom is -0.493 e. The molecule has 6 heteroatoms. The molecule has 0 spiro atoms. The Bertz CT molecular complexity index is 688. The molecule has 5 nitrogen and oxygen atoms in total. The van der Waals surface area contributed by atoms with Gasteiger partial charge in [-0.2, -0.15) is 0 Å². The summed E-state index contributed by atoms with van der Waals surface area (Å²) in [6.45, 7) is 3.46. The minimum absolute atomic E-state index is 0. The van der Waals surface area contributed by atoms with Crippen molar-refractivity contribution in [3.63, 3.8) is 0 Å². The lowest BCUT2D eigenvalue weighted by atomic mass is 10.1. The molecule has 0 bridgehead atoms. The fourth-order valence-electron chi connectivity index (χ4n) is 2.29. The molecule has 136 valence electrons. The second-order valence-corrected chi connectivity index (χ2v) is 5.45. The fourth-order valence-corrected chi connectivity index (χ4v) is 2.29. The first-order chi connectivity index (χ1) is 11.7. The summed E-state index contributed by atoms with van der Waals surface area (Å²) in [6.07, 6.45) is 0. The molecule has 0 saturated heterocycles. The topological polar surface area (TPSA) is 54.9 Å². The molecular formula is C19H26IN3O2. The molecule has 25 heavy (non-hydrogen) atoms. The molecule has 0 saturated carbocycles. The zero-order valence-corrected chi connectivity index (χ0v) is 17.5. The van der Waals surface area contributed by atoms with Gasteiger partial charge >= 0.3 is 0 Å². The maximum Gasteiger partial charge on any atom is 0.191 e. The zero-order valence-electron chi connectivity index (χ0n) is 15.1. The largest absolute Gasteiger partial charge is 0.493 e. The summed E-state index contributed by atoms with van der Waals surface area (Å²) >= 11 is 0. The molecule has 0 fully saturated rings. The molecule has 0 aliphatic carbocycles. The predicted octanol–water partition coefficient (Wildman–Crippen LogP) is 3.50. The van der Waals surface area contributed by atoms with Crippen LogP contribution in [-0.2, 0) is 13.1 Å². The van der Waals surface area contributed by atoms with Crippen LogP contribution >= 0.6 is 24.0 Å². The van der Waals surface area contributed by atoms with Crippen LogP contribution in [0.4, 0.5) is 0 Å². The van der Waals surface area contributed by atoms with E-state index in [2.05, 4.69) is 46.8 Å². The SMILES string of the molecule is CN=C(NCc1ccc(C)cc1)NCc1ccc(OC)c(OC)c1.I.